The van der Waals surface area contributed by atoms with Gasteiger partial charge in [-0.2, -0.15) is 5.10 Å². The van der Waals surface area contributed by atoms with Crippen molar-refractivity contribution >= 4 is 0 Å². The molecule has 0 amide bonds. The molecule has 0 aliphatic heterocycles. The van der Waals surface area contributed by atoms with E-state index in [2.05, 4.69) is 47.2 Å². The highest BCUT2D eigenvalue weighted by Crippen LogP contribution is 2.28. The summed E-state index contributed by atoms with van der Waals surface area (Å²) in [6.45, 7) is 2.08. The van der Waals surface area contributed by atoms with Crippen LogP contribution in [0.4, 0.5) is 0 Å². The Balaban J connectivity index is 1.58. The van der Waals surface area contributed by atoms with Gasteiger partial charge < -0.3 is 5.11 Å². The van der Waals surface area contributed by atoms with Crippen LogP contribution >= 0.6 is 0 Å². The van der Waals surface area contributed by atoms with E-state index in [-0.39, 0.29) is 6.10 Å². The minimum Gasteiger partial charge on any atom is -0.392 e. The molecule has 3 rings (SSSR count). The van der Waals surface area contributed by atoms with E-state index < -0.39 is 0 Å². The molecule has 1 fully saturated rings. The van der Waals surface area contributed by atoms with E-state index in [0.29, 0.717) is 18.9 Å². The smallest absolute Gasteiger partial charge is 0.0650 e. The van der Waals surface area contributed by atoms with E-state index in [9.17, 15) is 5.11 Å². The number of benzene rings is 1. The molecule has 1 N–H and O–H groups in total. The zero-order valence-electron chi connectivity index (χ0n) is 12.7. The highest BCUT2D eigenvalue weighted by Gasteiger charge is 2.18. The first-order chi connectivity index (χ1) is 10.2. The van der Waals surface area contributed by atoms with Gasteiger partial charge in [0.2, 0.25) is 0 Å². The Kier molecular flexibility index (Phi) is 4.39. The maximum atomic E-state index is 10.3. The molecular formula is C18H24N2O. The predicted octanol–water partition coefficient (Wildman–Crippen LogP) is 3.45. The maximum Gasteiger partial charge on any atom is 0.0650 e. The first-order valence-electron chi connectivity index (χ1n) is 7.98. The molecule has 3 nitrogen and oxygen atoms in total. The Bertz CT molecular complexity index is 584. The molecule has 1 atom stereocenters. The van der Waals surface area contributed by atoms with Crippen LogP contribution in [0, 0.1) is 6.92 Å². The van der Waals surface area contributed by atoms with Crippen LogP contribution < -0.4 is 0 Å². The molecule has 1 unspecified atom stereocenters. The summed E-state index contributed by atoms with van der Waals surface area (Å²) in [5.74, 6) is 0. The third kappa shape index (κ3) is 3.73. The number of aliphatic hydroxyl groups excluding tert-OH is 1. The van der Waals surface area contributed by atoms with Gasteiger partial charge in [-0.15, -0.1) is 0 Å². The molecule has 1 aromatic carbocycles. The third-order valence-corrected chi connectivity index (χ3v) is 4.36. The zero-order valence-corrected chi connectivity index (χ0v) is 12.7. The average Bonchev–Trinajstić information content (AvgIpc) is 3.08. The molecule has 0 bridgehead atoms. The Morgan fingerprint density at radius 1 is 1.24 bits per heavy atom. The van der Waals surface area contributed by atoms with Crippen LogP contribution in [0.25, 0.3) is 0 Å². The number of aromatic nitrogens is 2. The van der Waals surface area contributed by atoms with Gasteiger partial charge >= 0.3 is 0 Å². The largest absolute Gasteiger partial charge is 0.392 e. The summed E-state index contributed by atoms with van der Waals surface area (Å²) in [4.78, 5) is 0. The molecule has 1 saturated carbocycles. The third-order valence-electron chi connectivity index (χ3n) is 4.36. The van der Waals surface area contributed by atoms with Gasteiger partial charge in [-0.05, 0) is 37.8 Å². The standard InChI is InChI=1S/C18H24N2O/c1-14-5-4-6-15(11-14)12-18(21)13-16-9-10-20(19-16)17-7-2-3-8-17/h4-6,9-11,17-18,21H,2-3,7-8,12-13H2,1H3. The van der Waals surface area contributed by atoms with Crippen LogP contribution in [0.15, 0.2) is 36.5 Å². The second-order valence-electron chi connectivity index (χ2n) is 6.28. The van der Waals surface area contributed by atoms with Crippen molar-refractivity contribution in [1.82, 2.24) is 9.78 Å². The van der Waals surface area contributed by atoms with Crippen molar-refractivity contribution in [3.05, 3.63) is 53.3 Å². The Morgan fingerprint density at radius 2 is 2.05 bits per heavy atom. The molecule has 21 heavy (non-hydrogen) atoms. The maximum absolute atomic E-state index is 10.3. The SMILES string of the molecule is Cc1cccc(CC(O)Cc2ccn(C3CCCC3)n2)c1. The fourth-order valence-corrected chi connectivity index (χ4v) is 3.28. The number of hydrogen-bond acceptors (Lipinski definition) is 2. The van der Waals surface area contributed by atoms with Crippen molar-refractivity contribution in [1.29, 1.82) is 0 Å². The van der Waals surface area contributed by atoms with Gasteiger partial charge in [0.15, 0.2) is 0 Å². The topological polar surface area (TPSA) is 38.0 Å². The number of aliphatic hydroxyl groups is 1. The van der Waals surface area contributed by atoms with Gasteiger partial charge in [-0.25, -0.2) is 0 Å². The highest BCUT2D eigenvalue weighted by atomic mass is 16.3. The zero-order chi connectivity index (χ0) is 14.7. The van der Waals surface area contributed by atoms with Gasteiger partial charge in [-0.1, -0.05) is 42.7 Å². The highest BCUT2D eigenvalue weighted by molar-refractivity contribution is 5.23. The normalized spacial score (nSPS) is 17.2. The number of rotatable bonds is 5. The summed E-state index contributed by atoms with van der Waals surface area (Å²) >= 11 is 0. The Morgan fingerprint density at radius 3 is 2.81 bits per heavy atom. The van der Waals surface area contributed by atoms with Crippen LogP contribution in [0.5, 0.6) is 0 Å². The van der Waals surface area contributed by atoms with E-state index in [1.807, 2.05) is 6.07 Å². The quantitative estimate of drug-likeness (QED) is 0.913. The average molecular weight is 284 g/mol. The molecule has 2 aromatic rings. The summed E-state index contributed by atoms with van der Waals surface area (Å²) in [6.07, 6.45) is 8.15. The minimum absolute atomic E-state index is 0.362. The molecular weight excluding hydrogens is 260 g/mol. The molecule has 3 heteroatoms. The second kappa shape index (κ2) is 6.44. The van der Waals surface area contributed by atoms with Crippen molar-refractivity contribution in [2.24, 2.45) is 0 Å². The summed E-state index contributed by atoms with van der Waals surface area (Å²) in [5, 5.41) is 14.9. The predicted molar refractivity (Wildman–Crippen MR) is 84.3 cm³/mol. The van der Waals surface area contributed by atoms with Gasteiger partial charge in [0.1, 0.15) is 0 Å². The van der Waals surface area contributed by atoms with Gasteiger partial charge in [0, 0.05) is 12.6 Å². The number of hydrogen-bond donors (Lipinski definition) is 1. The van der Waals surface area contributed by atoms with Crippen LogP contribution in [0.3, 0.4) is 0 Å². The summed E-state index contributed by atoms with van der Waals surface area (Å²) in [6, 6.07) is 11.0. The van der Waals surface area contributed by atoms with Crippen LogP contribution in [0.2, 0.25) is 0 Å². The fraction of sp³-hybridized carbons (Fsp3) is 0.500. The molecule has 1 aliphatic carbocycles. The van der Waals surface area contributed by atoms with Crippen LogP contribution in [-0.2, 0) is 12.8 Å². The van der Waals surface area contributed by atoms with E-state index >= 15 is 0 Å². The van der Waals surface area contributed by atoms with E-state index in [1.165, 1.54) is 36.8 Å². The number of nitrogens with zero attached hydrogens (tertiary/aromatic N) is 2. The van der Waals surface area contributed by atoms with E-state index in [0.717, 1.165) is 5.69 Å². The fourth-order valence-electron chi connectivity index (χ4n) is 3.28. The Labute approximate surface area is 126 Å². The van der Waals surface area contributed by atoms with Crippen LogP contribution in [-0.4, -0.2) is 21.0 Å². The monoisotopic (exact) mass is 284 g/mol. The van der Waals surface area contributed by atoms with Gasteiger partial charge in [0.25, 0.3) is 0 Å². The van der Waals surface area contributed by atoms with Crippen molar-refractivity contribution in [3.63, 3.8) is 0 Å². The lowest BCUT2D eigenvalue weighted by atomic mass is 10.0. The molecule has 1 aliphatic rings. The van der Waals surface area contributed by atoms with Crippen molar-refractivity contribution in [3.8, 4) is 0 Å². The van der Waals surface area contributed by atoms with Crippen LogP contribution in [0.1, 0.15) is 48.5 Å². The lowest BCUT2D eigenvalue weighted by Gasteiger charge is -2.11. The lowest BCUT2D eigenvalue weighted by molar-refractivity contribution is 0.174. The molecule has 0 radical (unpaired) electrons. The van der Waals surface area contributed by atoms with Crippen molar-refractivity contribution < 1.29 is 5.11 Å². The number of aryl methyl sites for hydroxylation is 1. The molecule has 112 valence electrons. The van der Waals surface area contributed by atoms with Crippen molar-refractivity contribution in [2.45, 2.75) is 57.6 Å². The minimum atomic E-state index is -0.362. The van der Waals surface area contributed by atoms with Gasteiger partial charge in [0.05, 0.1) is 17.8 Å². The molecule has 1 heterocycles. The van der Waals surface area contributed by atoms with Crippen molar-refractivity contribution in [2.75, 3.05) is 0 Å². The molecule has 1 aromatic heterocycles. The van der Waals surface area contributed by atoms with E-state index in [4.69, 9.17) is 0 Å². The first-order valence-corrected chi connectivity index (χ1v) is 7.98. The second-order valence-corrected chi connectivity index (χ2v) is 6.28. The molecule has 0 saturated heterocycles. The molecule has 0 spiro atoms. The summed E-state index contributed by atoms with van der Waals surface area (Å²) in [5.41, 5.74) is 3.44. The van der Waals surface area contributed by atoms with E-state index in [1.54, 1.807) is 0 Å². The first kappa shape index (κ1) is 14.3. The Hall–Kier alpha value is -1.61. The summed E-state index contributed by atoms with van der Waals surface area (Å²) in [7, 11) is 0. The summed E-state index contributed by atoms with van der Waals surface area (Å²) < 4.78 is 2.10. The lowest BCUT2D eigenvalue weighted by Crippen LogP contribution is -2.15. The van der Waals surface area contributed by atoms with Gasteiger partial charge in [-0.3, -0.25) is 4.68 Å².